The minimum absolute atomic E-state index is 0.157. The summed E-state index contributed by atoms with van der Waals surface area (Å²) < 4.78 is 28.8. The maximum Gasteiger partial charge on any atom is 0.222 e. The van der Waals surface area contributed by atoms with Gasteiger partial charge in [0.2, 0.25) is 11.6 Å². The molecule has 0 aromatic heterocycles. The van der Waals surface area contributed by atoms with Gasteiger partial charge in [0, 0.05) is 11.1 Å². The van der Waals surface area contributed by atoms with Crippen LogP contribution in [0.5, 0.6) is 0 Å². The fraction of sp³-hybridized carbons (Fsp3) is 0.400. The van der Waals surface area contributed by atoms with Gasteiger partial charge < -0.3 is 33.9 Å². The molecule has 3 fully saturated rings. The molecule has 3 aliphatic rings. The smallest absolute Gasteiger partial charge is 0.222 e. The van der Waals surface area contributed by atoms with Crippen molar-refractivity contribution in [2.24, 2.45) is 0 Å². The minimum Gasteiger partial charge on any atom is -0.361 e. The molecule has 2 N–H and O–H groups in total. The molecule has 3 aliphatic heterocycles. The Kier molecular flexibility index (Phi) is 4.06. The van der Waals surface area contributed by atoms with E-state index in [0.29, 0.717) is 0 Å². The van der Waals surface area contributed by atoms with Crippen LogP contribution in [0.2, 0.25) is 0 Å². The second-order valence-corrected chi connectivity index (χ2v) is 7.01. The topological polar surface area (TPSA) is 86.6 Å². The van der Waals surface area contributed by atoms with E-state index < -0.39 is 36.4 Å². The minimum atomic E-state index is -1.82. The Balaban J connectivity index is 1.42. The van der Waals surface area contributed by atoms with Crippen LogP contribution < -0.4 is 0 Å². The highest BCUT2D eigenvalue weighted by atomic mass is 16.8. The summed E-state index contributed by atoms with van der Waals surface area (Å²) in [6.07, 6.45) is -3.25. The summed E-state index contributed by atoms with van der Waals surface area (Å²) in [7, 11) is 0. The summed E-state index contributed by atoms with van der Waals surface area (Å²) in [6, 6.07) is 18.8. The fourth-order valence-corrected chi connectivity index (χ4v) is 3.78. The third kappa shape index (κ3) is 2.88. The van der Waals surface area contributed by atoms with E-state index in [0.717, 1.165) is 11.1 Å². The van der Waals surface area contributed by atoms with Crippen LogP contribution in [-0.4, -0.2) is 47.2 Å². The van der Waals surface area contributed by atoms with E-state index in [1.807, 2.05) is 60.7 Å². The van der Waals surface area contributed by atoms with Gasteiger partial charge >= 0.3 is 0 Å². The van der Waals surface area contributed by atoms with Gasteiger partial charge in [-0.2, -0.15) is 0 Å². The van der Waals surface area contributed by atoms with Crippen molar-refractivity contribution in [3.63, 3.8) is 0 Å². The van der Waals surface area contributed by atoms with Crippen LogP contribution in [0.4, 0.5) is 0 Å². The number of hydrogen-bond acceptors (Lipinski definition) is 7. The van der Waals surface area contributed by atoms with E-state index >= 15 is 0 Å². The third-order valence-electron chi connectivity index (χ3n) is 5.08. The molecular weight excluding hydrogens is 352 g/mol. The SMILES string of the molecule is O[C@]12CO[C@H](c3ccccc3)O[C@H]1[C@@H]1O[C@@H](c3ccccc3)OC[C@]1(O)O2. The highest BCUT2D eigenvalue weighted by Gasteiger charge is 2.68. The maximum atomic E-state index is 10.9. The molecule has 0 bridgehead atoms. The molecule has 3 saturated heterocycles. The van der Waals surface area contributed by atoms with Crippen LogP contribution in [0.1, 0.15) is 23.7 Å². The molecular formula is C20H20O7. The molecule has 0 aliphatic carbocycles. The largest absolute Gasteiger partial charge is 0.361 e. The van der Waals surface area contributed by atoms with Crippen LogP contribution in [-0.2, 0) is 23.7 Å². The molecule has 0 radical (unpaired) electrons. The molecule has 7 heteroatoms. The maximum absolute atomic E-state index is 10.9. The summed E-state index contributed by atoms with van der Waals surface area (Å²) >= 11 is 0. The van der Waals surface area contributed by atoms with Crippen LogP contribution in [0.15, 0.2) is 60.7 Å². The number of benzene rings is 2. The zero-order valence-electron chi connectivity index (χ0n) is 14.4. The molecule has 0 unspecified atom stereocenters. The van der Waals surface area contributed by atoms with Gasteiger partial charge in [-0.25, -0.2) is 0 Å². The molecule has 3 heterocycles. The molecule has 2 aromatic carbocycles. The Morgan fingerprint density at radius 2 is 1.07 bits per heavy atom. The Bertz CT molecular complexity index is 733. The van der Waals surface area contributed by atoms with E-state index in [9.17, 15) is 10.2 Å². The van der Waals surface area contributed by atoms with Crippen LogP contribution in [0.25, 0.3) is 0 Å². The highest BCUT2D eigenvalue weighted by Crippen LogP contribution is 2.48. The Hall–Kier alpha value is -1.84. The zero-order valence-corrected chi connectivity index (χ0v) is 14.4. The van der Waals surface area contributed by atoms with E-state index in [1.54, 1.807) is 0 Å². The number of aliphatic hydroxyl groups is 2. The van der Waals surface area contributed by atoms with Crippen LogP contribution in [0, 0.1) is 0 Å². The molecule has 0 amide bonds. The first-order valence-corrected chi connectivity index (χ1v) is 8.86. The molecule has 6 atom stereocenters. The quantitative estimate of drug-likeness (QED) is 0.828. The first-order chi connectivity index (χ1) is 13.1. The van der Waals surface area contributed by atoms with Gasteiger partial charge in [0.05, 0.1) is 0 Å². The lowest BCUT2D eigenvalue weighted by Gasteiger charge is -2.40. The lowest BCUT2D eigenvalue weighted by molar-refractivity contribution is -0.383. The Labute approximate surface area is 156 Å². The Morgan fingerprint density at radius 3 is 1.48 bits per heavy atom. The van der Waals surface area contributed by atoms with Crippen molar-refractivity contribution in [1.29, 1.82) is 0 Å². The predicted octanol–water partition coefficient (Wildman–Crippen LogP) is 1.62. The normalized spacial score (nSPS) is 41.0. The van der Waals surface area contributed by atoms with Crippen molar-refractivity contribution in [3.05, 3.63) is 71.8 Å². The van der Waals surface area contributed by atoms with Gasteiger partial charge in [-0.05, 0) is 0 Å². The van der Waals surface area contributed by atoms with Crippen molar-refractivity contribution < 1.29 is 33.9 Å². The summed E-state index contributed by atoms with van der Waals surface area (Å²) in [6.45, 7) is -0.315. The van der Waals surface area contributed by atoms with Gasteiger partial charge in [-0.3, -0.25) is 0 Å². The molecule has 142 valence electrons. The standard InChI is InChI=1S/C20H20O7/c21-19-11-23-17(13-7-3-1-4-8-13)25-15(19)16-20(22,27-19)12-24-18(26-16)14-9-5-2-6-10-14/h1-10,15-18,21-22H,11-12H2/t15-,16-,17-,18-,19-,20-/m0/s1. The first-order valence-electron chi connectivity index (χ1n) is 8.86. The van der Waals surface area contributed by atoms with Crippen molar-refractivity contribution in [3.8, 4) is 0 Å². The van der Waals surface area contributed by atoms with Crippen LogP contribution in [0.3, 0.4) is 0 Å². The molecule has 27 heavy (non-hydrogen) atoms. The van der Waals surface area contributed by atoms with Gasteiger partial charge in [0.15, 0.2) is 12.6 Å². The monoisotopic (exact) mass is 372 g/mol. The average molecular weight is 372 g/mol. The molecule has 0 saturated carbocycles. The number of ether oxygens (including phenoxy) is 5. The summed E-state index contributed by atoms with van der Waals surface area (Å²) in [5, 5.41) is 21.7. The number of rotatable bonds is 2. The molecule has 5 rings (SSSR count). The fourth-order valence-electron chi connectivity index (χ4n) is 3.78. The highest BCUT2D eigenvalue weighted by molar-refractivity contribution is 5.19. The van der Waals surface area contributed by atoms with E-state index in [1.165, 1.54) is 0 Å². The van der Waals surface area contributed by atoms with Gasteiger partial charge in [0.25, 0.3) is 0 Å². The van der Waals surface area contributed by atoms with Crippen LogP contribution >= 0.6 is 0 Å². The Morgan fingerprint density at radius 1 is 0.667 bits per heavy atom. The van der Waals surface area contributed by atoms with Crippen molar-refractivity contribution in [1.82, 2.24) is 0 Å². The summed E-state index contributed by atoms with van der Waals surface area (Å²) in [5.74, 6) is -3.64. The third-order valence-corrected chi connectivity index (χ3v) is 5.08. The predicted molar refractivity (Wildman–Crippen MR) is 91.0 cm³/mol. The second kappa shape index (κ2) is 6.35. The lowest BCUT2D eigenvalue weighted by atomic mass is 10.0. The first kappa shape index (κ1) is 17.3. The van der Waals surface area contributed by atoms with E-state index in [2.05, 4.69) is 0 Å². The molecule has 2 aromatic rings. The van der Waals surface area contributed by atoms with E-state index in [4.69, 9.17) is 23.7 Å². The number of hydrogen-bond donors (Lipinski definition) is 2. The lowest BCUT2D eigenvalue weighted by Crippen LogP contribution is -2.55. The van der Waals surface area contributed by atoms with Gasteiger partial charge in [-0.15, -0.1) is 0 Å². The van der Waals surface area contributed by atoms with Gasteiger partial charge in [-0.1, -0.05) is 60.7 Å². The molecule has 0 spiro atoms. The summed E-state index contributed by atoms with van der Waals surface area (Å²) in [4.78, 5) is 0. The average Bonchev–Trinajstić information content (AvgIpc) is 2.94. The molecule has 7 nitrogen and oxygen atoms in total. The van der Waals surface area contributed by atoms with Crippen molar-refractivity contribution in [2.45, 2.75) is 36.4 Å². The van der Waals surface area contributed by atoms with Crippen molar-refractivity contribution >= 4 is 0 Å². The van der Waals surface area contributed by atoms with Crippen molar-refractivity contribution in [2.75, 3.05) is 13.2 Å². The van der Waals surface area contributed by atoms with E-state index in [-0.39, 0.29) is 13.2 Å². The van der Waals surface area contributed by atoms with Gasteiger partial charge in [0.1, 0.15) is 25.4 Å². The second-order valence-electron chi connectivity index (χ2n) is 7.01. The zero-order chi connectivity index (χ0) is 18.5. The summed E-state index contributed by atoms with van der Waals surface area (Å²) in [5.41, 5.74) is 1.61. The number of fused-ring (bicyclic) bond motifs is 3.